The zero-order chi connectivity index (χ0) is 24.2. The summed E-state index contributed by atoms with van der Waals surface area (Å²) in [5, 5.41) is 23.9. The molecular formula is C23H27N9O2S. The highest BCUT2D eigenvalue weighted by Crippen LogP contribution is 2.41. The third-order valence-electron chi connectivity index (χ3n) is 7.19. The number of fused-ring (bicyclic) bond motifs is 3. The van der Waals surface area contributed by atoms with E-state index < -0.39 is 10.2 Å². The first-order chi connectivity index (χ1) is 16.9. The van der Waals surface area contributed by atoms with Crippen molar-refractivity contribution in [2.75, 3.05) is 23.7 Å². The van der Waals surface area contributed by atoms with Crippen molar-refractivity contribution in [3.63, 3.8) is 0 Å². The maximum atomic E-state index is 13.2. The summed E-state index contributed by atoms with van der Waals surface area (Å²) in [5.74, 6) is 1.85. The van der Waals surface area contributed by atoms with Crippen molar-refractivity contribution in [1.82, 2.24) is 28.8 Å². The van der Waals surface area contributed by atoms with E-state index in [1.165, 1.54) is 4.31 Å². The van der Waals surface area contributed by atoms with Gasteiger partial charge in [-0.2, -0.15) is 27.4 Å². The maximum Gasteiger partial charge on any atom is 0.282 e. The van der Waals surface area contributed by atoms with E-state index in [4.69, 9.17) is 10.2 Å². The second-order valence-corrected chi connectivity index (χ2v) is 11.5. The topological polar surface area (TPSA) is 143 Å². The van der Waals surface area contributed by atoms with Crippen LogP contribution in [0.15, 0.2) is 30.5 Å². The molecule has 0 amide bonds. The molecule has 0 aromatic carbocycles. The van der Waals surface area contributed by atoms with Crippen molar-refractivity contribution in [2.45, 2.75) is 50.7 Å². The van der Waals surface area contributed by atoms with Crippen molar-refractivity contribution >= 4 is 38.6 Å². The molecule has 3 N–H and O–H groups in total. The number of nitriles is 1. The van der Waals surface area contributed by atoms with Crippen molar-refractivity contribution in [3.05, 3.63) is 36.2 Å². The van der Waals surface area contributed by atoms with E-state index in [-0.39, 0.29) is 24.0 Å². The van der Waals surface area contributed by atoms with Gasteiger partial charge < -0.3 is 10.6 Å². The van der Waals surface area contributed by atoms with Gasteiger partial charge in [-0.3, -0.25) is 10.1 Å². The minimum atomic E-state index is -3.53. The van der Waals surface area contributed by atoms with Gasteiger partial charge in [-0.25, -0.2) is 4.98 Å². The van der Waals surface area contributed by atoms with Crippen LogP contribution in [0.3, 0.4) is 0 Å². The number of piperidine rings is 1. The monoisotopic (exact) mass is 493 g/mol. The van der Waals surface area contributed by atoms with Gasteiger partial charge in [0.05, 0.1) is 17.5 Å². The molecule has 35 heavy (non-hydrogen) atoms. The van der Waals surface area contributed by atoms with Gasteiger partial charge in [-0.1, -0.05) is 0 Å². The Morgan fingerprint density at radius 2 is 1.94 bits per heavy atom. The Morgan fingerprint density at radius 3 is 2.63 bits per heavy atom. The average Bonchev–Trinajstić information content (AvgIpc) is 3.33. The minimum Gasteiger partial charge on any atom is -0.367 e. The van der Waals surface area contributed by atoms with E-state index in [1.54, 1.807) is 10.5 Å². The van der Waals surface area contributed by atoms with Crippen LogP contribution in [0.4, 0.5) is 17.5 Å². The molecular weight excluding hydrogens is 466 g/mol. The molecule has 0 aliphatic carbocycles. The molecule has 3 aromatic heterocycles. The van der Waals surface area contributed by atoms with Crippen molar-refractivity contribution in [1.29, 1.82) is 5.26 Å². The molecule has 182 valence electrons. The van der Waals surface area contributed by atoms with Crippen LogP contribution in [0.25, 0.3) is 10.9 Å². The van der Waals surface area contributed by atoms with Crippen LogP contribution in [0.2, 0.25) is 0 Å². The number of nitrogens with zero attached hydrogens (tertiary/aromatic N) is 6. The number of aromatic nitrogens is 4. The summed E-state index contributed by atoms with van der Waals surface area (Å²) in [6.45, 7) is 2.54. The van der Waals surface area contributed by atoms with Gasteiger partial charge in [0.2, 0.25) is 0 Å². The number of aryl methyl sites for hydroxylation is 1. The maximum absolute atomic E-state index is 13.2. The van der Waals surface area contributed by atoms with Crippen LogP contribution in [0.5, 0.6) is 0 Å². The summed E-state index contributed by atoms with van der Waals surface area (Å²) in [4.78, 5) is 9.33. The first-order valence-corrected chi connectivity index (χ1v) is 13.3. The van der Waals surface area contributed by atoms with Crippen LogP contribution >= 0.6 is 0 Å². The van der Waals surface area contributed by atoms with Crippen LogP contribution in [0, 0.1) is 24.2 Å². The van der Waals surface area contributed by atoms with E-state index in [0.29, 0.717) is 37.6 Å². The molecule has 6 heterocycles. The number of H-pyrrole nitrogens is 1. The Labute approximate surface area is 203 Å². The first-order valence-electron chi connectivity index (χ1n) is 11.9. The Morgan fingerprint density at radius 1 is 1.17 bits per heavy atom. The summed E-state index contributed by atoms with van der Waals surface area (Å²) >= 11 is 0. The SMILES string of the molecule is Cc1cc(Nc2cc3ncccc3c(N[C@@H]3C[C@H]4CC[C@@H](C3)N4S(=O)(=O)N3CC(C#N)C3)n2)n[nH]1. The fourth-order valence-corrected chi connectivity index (χ4v) is 7.67. The third kappa shape index (κ3) is 3.99. The first kappa shape index (κ1) is 22.2. The van der Waals surface area contributed by atoms with Crippen LogP contribution in [-0.4, -0.2) is 68.4 Å². The summed E-state index contributed by atoms with van der Waals surface area (Å²) in [7, 11) is -3.53. The lowest BCUT2D eigenvalue weighted by atomic mass is 9.99. The standard InChI is InChI=1S/C23H27N9O2S/c1-14-7-22(30-29-14)27-21-10-20-19(3-2-6-25-20)23(28-21)26-16-8-17-4-5-18(9-16)32(17)35(33,34)31-12-15(11-24)13-31/h2-3,6-7,10,15-18H,4-5,8-9,12-13H2,1H3,(H3,26,27,28,29,30)/t16-,17-,18+. The number of hydrogen-bond donors (Lipinski definition) is 3. The van der Waals surface area contributed by atoms with E-state index in [9.17, 15) is 8.42 Å². The molecule has 3 aromatic rings. The highest BCUT2D eigenvalue weighted by Gasteiger charge is 2.51. The summed E-state index contributed by atoms with van der Waals surface area (Å²) < 4.78 is 29.6. The fourth-order valence-electron chi connectivity index (χ4n) is 5.53. The van der Waals surface area contributed by atoms with Crippen LogP contribution in [0.1, 0.15) is 31.4 Å². The van der Waals surface area contributed by atoms with Crippen LogP contribution < -0.4 is 10.6 Å². The second-order valence-electron chi connectivity index (χ2n) is 9.67. The Kier molecular flexibility index (Phi) is 5.36. The molecule has 0 unspecified atom stereocenters. The Bertz CT molecular complexity index is 1400. The molecule has 3 fully saturated rings. The minimum absolute atomic E-state index is 0.0462. The Hall–Kier alpha value is -3.27. The van der Waals surface area contributed by atoms with Gasteiger partial charge in [0, 0.05) is 60.6 Å². The van der Waals surface area contributed by atoms with Gasteiger partial charge >= 0.3 is 0 Å². The van der Waals surface area contributed by atoms with Gasteiger partial charge in [0.1, 0.15) is 11.6 Å². The average molecular weight is 494 g/mol. The fraction of sp³-hybridized carbons (Fsp3) is 0.478. The molecule has 0 saturated carbocycles. The zero-order valence-electron chi connectivity index (χ0n) is 19.3. The number of rotatable bonds is 6. The lowest BCUT2D eigenvalue weighted by molar-refractivity contribution is 0.182. The van der Waals surface area contributed by atoms with Gasteiger partial charge in [-0.15, -0.1) is 0 Å². The molecule has 3 atom stereocenters. The largest absolute Gasteiger partial charge is 0.367 e. The molecule has 0 spiro atoms. The van der Waals surface area contributed by atoms with E-state index in [2.05, 4.69) is 31.9 Å². The second kappa shape index (κ2) is 8.44. The molecule has 2 bridgehead atoms. The number of pyridine rings is 2. The van der Waals surface area contributed by atoms with Crippen molar-refractivity contribution < 1.29 is 8.42 Å². The number of hydrogen-bond acceptors (Lipinski definition) is 8. The van der Waals surface area contributed by atoms with Gasteiger partial charge in [-0.05, 0) is 44.7 Å². The number of anilines is 3. The molecule has 0 radical (unpaired) electrons. The highest BCUT2D eigenvalue weighted by atomic mass is 32.2. The normalized spacial score (nSPS) is 25.3. The predicted octanol–water partition coefficient (Wildman–Crippen LogP) is 2.51. The molecule has 3 aliphatic rings. The third-order valence-corrected chi connectivity index (χ3v) is 9.27. The number of nitrogens with one attached hydrogen (secondary N) is 3. The summed E-state index contributed by atoms with van der Waals surface area (Å²) in [5.41, 5.74) is 1.76. The predicted molar refractivity (Wildman–Crippen MR) is 131 cm³/mol. The quantitative estimate of drug-likeness (QED) is 0.475. The van der Waals surface area contributed by atoms with Crippen molar-refractivity contribution in [2.24, 2.45) is 5.92 Å². The summed E-state index contributed by atoms with van der Waals surface area (Å²) in [6, 6.07) is 9.84. The van der Waals surface area contributed by atoms with Crippen molar-refractivity contribution in [3.8, 4) is 6.07 Å². The molecule has 6 rings (SSSR count). The Balaban J connectivity index is 1.22. The lowest BCUT2D eigenvalue weighted by Crippen LogP contribution is -2.59. The van der Waals surface area contributed by atoms with Gasteiger partial charge in [0.25, 0.3) is 10.2 Å². The molecule has 3 saturated heterocycles. The highest BCUT2D eigenvalue weighted by molar-refractivity contribution is 7.86. The molecule has 12 heteroatoms. The van der Waals surface area contributed by atoms with Gasteiger partial charge in [0.15, 0.2) is 5.82 Å². The van der Waals surface area contributed by atoms with Crippen LogP contribution in [-0.2, 0) is 10.2 Å². The smallest absolute Gasteiger partial charge is 0.282 e. The van der Waals surface area contributed by atoms with E-state index in [0.717, 1.165) is 35.3 Å². The van der Waals surface area contributed by atoms with E-state index >= 15 is 0 Å². The summed E-state index contributed by atoms with van der Waals surface area (Å²) in [6.07, 6.45) is 4.89. The zero-order valence-corrected chi connectivity index (χ0v) is 20.2. The lowest BCUT2D eigenvalue weighted by Gasteiger charge is -2.44. The number of aromatic amines is 1. The van der Waals surface area contributed by atoms with E-state index in [1.807, 2.05) is 31.2 Å². The molecule has 3 aliphatic heterocycles. The molecule has 11 nitrogen and oxygen atoms in total.